The number of fused-ring (bicyclic) bond motifs is 1. The lowest BCUT2D eigenvalue weighted by molar-refractivity contribution is 0.0632. The van der Waals surface area contributed by atoms with Crippen LogP contribution in [0.25, 0.3) is 0 Å². The summed E-state index contributed by atoms with van der Waals surface area (Å²) in [6.45, 7) is 8.66. The van der Waals surface area contributed by atoms with E-state index >= 15 is 0 Å². The summed E-state index contributed by atoms with van der Waals surface area (Å²) >= 11 is 1.73. The number of piperazine rings is 1. The van der Waals surface area contributed by atoms with Gasteiger partial charge in [-0.1, -0.05) is 0 Å². The second-order valence-corrected chi connectivity index (χ2v) is 8.74. The Bertz CT molecular complexity index is 791. The Morgan fingerprint density at radius 2 is 1.88 bits per heavy atom. The fraction of sp³-hybridized carbons (Fsp3) is 0.600. The zero-order valence-corrected chi connectivity index (χ0v) is 16.9. The molecular formula is C20H28N4OS. The molecule has 26 heavy (non-hydrogen) atoms. The van der Waals surface area contributed by atoms with Crippen LogP contribution in [0, 0.1) is 13.8 Å². The Kier molecular flexibility index (Phi) is 4.88. The molecule has 0 radical (unpaired) electrons. The Balaban J connectivity index is 1.37. The van der Waals surface area contributed by atoms with Crippen molar-refractivity contribution in [2.24, 2.45) is 7.05 Å². The van der Waals surface area contributed by atoms with Gasteiger partial charge in [0.05, 0.1) is 10.6 Å². The monoisotopic (exact) mass is 372 g/mol. The zero-order chi connectivity index (χ0) is 18.3. The van der Waals surface area contributed by atoms with E-state index < -0.39 is 0 Å². The maximum absolute atomic E-state index is 12.9. The molecule has 0 N–H and O–H groups in total. The van der Waals surface area contributed by atoms with Crippen LogP contribution in [0.5, 0.6) is 0 Å². The molecule has 0 atom stereocenters. The van der Waals surface area contributed by atoms with E-state index in [9.17, 15) is 4.79 Å². The molecule has 1 saturated heterocycles. The third kappa shape index (κ3) is 3.32. The first-order chi connectivity index (χ1) is 12.5. The summed E-state index contributed by atoms with van der Waals surface area (Å²) in [5.74, 6) is 0.234. The zero-order valence-electron chi connectivity index (χ0n) is 16.0. The number of amides is 1. The van der Waals surface area contributed by atoms with Crippen LogP contribution in [-0.4, -0.2) is 51.7 Å². The van der Waals surface area contributed by atoms with Crippen LogP contribution in [-0.2, 0) is 26.4 Å². The molecule has 2 aromatic rings. The highest BCUT2D eigenvalue weighted by molar-refractivity contribution is 7.14. The minimum absolute atomic E-state index is 0.234. The molecule has 0 bridgehead atoms. The van der Waals surface area contributed by atoms with Crippen LogP contribution in [0.2, 0.25) is 0 Å². The molecule has 1 amide bonds. The molecule has 1 aliphatic heterocycles. The molecule has 0 saturated carbocycles. The SMILES string of the molecule is Cc1nn(C)c(C)c1CN1CCN(C(=O)c2cc3c(s2)CCCC3)CC1. The van der Waals surface area contributed by atoms with Gasteiger partial charge in [0.2, 0.25) is 0 Å². The highest BCUT2D eigenvalue weighted by Crippen LogP contribution is 2.30. The lowest BCUT2D eigenvalue weighted by Crippen LogP contribution is -2.48. The van der Waals surface area contributed by atoms with E-state index in [4.69, 9.17) is 0 Å². The van der Waals surface area contributed by atoms with E-state index in [2.05, 4.69) is 29.9 Å². The van der Waals surface area contributed by atoms with Crippen molar-refractivity contribution >= 4 is 17.2 Å². The lowest BCUT2D eigenvalue weighted by Gasteiger charge is -2.34. The Morgan fingerprint density at radius 3 is 2.54 bits per heavy atom. The van der Waals surface area contributed by atoms with E-state index in [0.717, 1.165) is 56.1 Å². The summed E-state index contributed by atoms with van der Waals surface area (Å²) in [5, 5.41) is 4.52. The molecule has 5 nitrogen and oxygen atoms in total. The molecule has 0 spiro atoms. The number of aromatic nitrogens is 2. The van der Waals surface area contributed by atoms with Gasteiger partial charge in [-0.15, -0.1) is 11.3 Å². The van der Waals surface area contributed by atoms with Gasteiger partial charge in [0, 0.05) is 55.9 Å². The summed E-state index contributed by atoms with van der Waals surface area (Å²) in [6, 6.07) is 2.16. The van der Waals surface area contributed by atoms with Crippen LogP contribution >= 0.6 is 11.3 Å². The van der Waals surface area contributed by atoms with Crippen LogP contribution in [0.4, 0.5) is 0 Å². The molecule has 1 fully saturated rings. The average Bonchev–Trinajstić information content (AvgIpc) is 3.18. The highest BCUT2D eigenvalue weighted by atomic mass is 32.1. The van der Waals surface area contributed by atoms with E-state index in [1.807, 2.05) is 16.6 Å². The number of aryl methyl sites for hydroxylation is 4. The van der Waals surface area contributed by atoms with Crippen molar-refractivity contribution in [1.82, 2.24) is 19.6 Å². The van der Waals surface area contributed by atoms with Crippen molar-refractivity contribution in [3.63, 3.8) is 0 Å². The molecule has 140 valence electrons. The second kappa shape index (κ2) is 7.16. The van der Waals surface area contributed by atoms with Crippen LogP contribution in [0.3, 0.4) is 0 Å². The fourth-order valence-corrected chi connectivity index (χ4v) is 5.35. The quantitative estimate of drug-likeness (QED) is 0.832. The number of thiophene rings is 1. The predicted octanol–water partition coefficient (Wildman–Crippen LogP) is 2.94. The number of hydrogen-bond acceptors (Lipinski definition) is 4. The first-order valence-electron chi connectivity index (χ1n) is 9.65. The van der Waals surface area contributed by atoms with Crippen molar-refractivity contribution in [3.05, 3.63) is 38.3 Å². The third-order valence-corrected chi connectivity index (χ3v) is 7.13. The van der Waals surface area contributed by atoms with Gasteiger partial charge in [0.25, 0.3) is 5.91 Å². The average molecular weight is 373 g/mol. The number of carbonyl (C=O) groups excluding carboxylic acids is 1. The summed E-state index contributed by atoms with van der Waals surface area (Å²) in [4.78, 5) is 19.8. The number of hydrogen-bond donors (Lipinski definition) is 0. The normalized spacial score (nSPS) is 18.2. The lowest BCUT2D eigenvalue weighted by atomic mass is 9.99. The van der Waals surface area contributed by atoms with Gasteiger partial charge >= 0.3 is 0 Å². The third-order valence-electron chi connectivity index (χ3n) is 5.91. The summed E-state index contributed by atoms with van der Waals surface area (Å²) in [7, 11) is 2.00. The van der Waals surface area contributed by atoms with Crippen molar-refractivity contribution in [2.75, 3.05) is 26.2 Å². The van der Waals surface area contributed by atoms with Crippen molar-refractivity contribution in [1.29, 1.82) is 0 Å². The first-order valence-corrected chi connectivity index (χ1v) is 10.5. The van der Waals surface area contributed by atoms with Crippen molar-refractivity contribution in [2.45, 2.75) is 46.1 Å². The summed E-state index contributed by atoms with van der Waals surface area (Å²) in [5.41, 5.74) is 5.11. The summed E-state index contributed by atoms with van der Waals surface area (Å²) in [6.07, 6.45) is 4.85. The predicted molar refractivity (Wildman–Crippen MR) is 105 cm³/mol. The topological polar surface area (TPSA) is 41.4 Å². The van der Waals surface area contributed by atoms with Gasteiger partial charge in [-0.3, -0.25) is 14.4 Å². The van der Waals surface area contributed by atoms with Gasteiger partial charge in [-0.05, 0) is 51.2 Å². The second-order valence-electron chi connectivity index (χ2n) is 7.61. The number of carbonyl (C=O) groups is 1. The van der Waals surface area contributed by atoms with Gasteiger partial charge in [-0.2, -0.15) is 5.10 Å². The van der Waals surface area contributed by atoms with Gasteiger partial charge in [-0.25, -0.2) is 0 Å². The Labute approximate surface area is 159 Å². The van der Waals surface area contributed by atoms with Gasteiger partial charge < -0.3 is 4.90 Å². The minimum atomic E-state index is 0.234. The van der Waals surface area contributed by atoms with E-state index in [1.165, 1.54) is 34.5 Å². The molecule has 2 aliphatic rings. The highest BCUT2D eigenvalue weighted by Gasteiger charge is 2.26. The van der Waals surface area contributed by atoms with Crippen molar-refractivity contribution < 1.29 is 4.79 Å². The molecule has 0 aromatic carbocycles. The van der Waals surface area contributed by atoms with Gasteiger partial charge in [0.15, 0.2) is 0 Å². The first kappa shape index (κ1) is 17.7. The standard InChI is InChI=1S/C20H28N4OS/c1-14-17(15(2)22(3)21-14)13-23-8-10-24(11-9-23)20(25)19-12-16-6-4-5-7-18(16)26-19/h12H,4-11,13H2,1-3H3. The van der Waals surface area contributed by atoms with E-state index in [1.54, 1.807) is 11.3 Å². The molecule has 6 heteroatoms. The Hall–Kier alpha value is -1.66. The molecule has 2 aromatic heterocycles. The smallest absolute Gasteiger partial charge is 0.264 e. The largest absolute Gasteiger partial charge is 0.335 e. The molecule has 1 aliphatic carbocycles. The maximum atomic E-state index is 12.9. The molecule has 0 unspecified atom stereocenters. The molecule has 3 heterocycles. The maximum Gasteiger partial charge on any atom is 0.264 e. The molecule has 4 rings (SSSR count). The minimum Gasteiger partial charge on any atom is -0.335 e. The number of nitrogens with zero attached hydrogens (tertiary/aromatic N) is 4. The van der Waals surface area contributed by atoms with Crippen LogP contribution in [0.15, 0.2) is 6.07 Å². The van der Waals surface area contributed by atoms with Crippen LogP contribution < -0.4 is 0 Å². The van der Waals surface area contributed by atoms with E-state index in [-0.39, 0.29) is 5.91 Å². The Morgan fingerprint density at radius 1 is 1.15 bits per heavy atom. The number of rotatable bonds is 3. The fourth-order valence-electron chi connectivity index (χ4n) is 4.13. The van der Waals surface area contributed by atoms with Gasteiger partial charge in [0.1, 0.15) is 0 Å². The van der Waals surface area contributed by atoms with E-state index in [0.29, 0.717) is 0 Å². The summed E-state index contributed by atoms with van der Waals surface area (Å²) < 4.78 is 1.96. The van der Waals surface area contributed by atoms with Crippen LogP contribution in [0.1, 0.15) is 49.9 Å². The van der Waals surface area contributed by atoms with Crippen molar-refractivity contribution in [3.8, 4) is 0 Å². The molecular weight excluding hydrogens is 344 g/mol.